The average Bonchev–Trinajstić information content (AvgIpc) is 3.03. The summed E-state index contributed by atoms with van der Waals surface area (Å²) in [6, 6.07) is 6.80. The highest BCUT2D eigenvalue weighted by atomic mass is 19.4. The topological polar surface area (TPSA) is 61.4 Å². The first kappa shape index (κ1) is 17.7. The van der Waals surface area contributed by atoms with E-state index in [-0.39, 0.29) is 12.0 Å². The van der Waals surface area contributed by atoms with Crippen LogP contribution in [0.4, 0.5) is 13.2 Å². The van der Waals surface area contributed by atoms with E-state index in [9.17, 15) is 23.1 Å². The van der Waals surface area contributed by atoms with Gasteiger partial charge in [-0.1, -0.05) is 30.3 Å². The molecule has 1 aromatic rings. The van der Waals surface area contributed by atoms with Gasteiger partial charge in [-0.2, -0.15) is 13.2 Å². The molecule has 0 radical (unpaired) electrons. The van der Waals surface area contributed by atoms with Crippen molar-refractivity contribution in [3.05, 3.63) is 35.9 Å². The first-order valence-corrected chi connectivity index (χ1v) is 7.65. The van der Waals surface area contributed by atoms with E-state index >= 15 is 0 Å². The number of benzene rings is 1. The predicted molar refractivity (Wildman–Crippen MR) is 79.6 cm³/mol. The number of hydrogen-bond donors (Lipinski definition) is 3. The fourth-order valence-electron chi connectivity index (χ4n) is 2.69. The van der Waals surface area contributed by atoms with Gasteiger partial charge in [0, 0.05) is 6.42 Å². The van der Waals surface area contributed by atoms with E-state index in [4.69, 9.17) is 0 Å². The van der Waals surface area contributed by atoms with Gasteiger partial charge in [0.2, 0.25) is 11.5 Å². The van der Waals surface area contributed by atoms with Crippen molar-refractivity contribution in [1.29, 1.82) is 0 Å². The number of halogens is 3. The molecule has 1 heterocycles. The van der Waals surface area contributed by atoms with Crippen LogP contribution in [0.3, 0.4) is 0 Å². The van der Waals surface area contributed by atoms with Gasteiger partial charge >= 0.3 is 6.18 Å². The Morgan fingerprint density at radius 3 is 2.57 bits per heavy atom. The van der Waals surface area contributed by atoms with Crippen molar-refractivity contribution in [1.82, 2.24) is 10.6 Å². The summed E-state index contributed by atoms with van der Waals surface area (Å²) in [7, 11) is 0. The Morgan fingerprint density at radius 1 is 1.30 bits per heavy atom. The summed E-state index contributed by atoms with van der Waals surface area (Å²) in [4.78, 5) is 11.8. The summed E-state index contributed by atoms with van der Waals surface area (Å²) in [5.41, 5.74) is -3.37. The van der Waals surface area contributed by atoms with Gasteiger partial charge in [0.25, 0.3) is 0 Å². The lowest BCUT2D eigenvalue weighted by molar-refractivity contribution is -0.264. The molecule has 0 aromatic heterocycles. The lowest BCUT2D eigenvalue weighted by Gasteiger charge is -2.31. The van der Waals surface area contributed by atoms with Crippen LogP contribution in [0.1, 0.15) is 24.8 Å². The molecule has 0 bridgehead atoms. The smallest absolute Gasteiger partial charge is 0.375 e. The minimum absolute atomic E-state index is 0.162. The quantitative estimate of drug-likeness (QED) is 0.747. The van der Waals surface area contributed by atoms with Crippen LogP contribution in [-0.2, 0) is 10.4 Å². The van der Waals surface area contributed by atoms with Gasteiger partial charge in [0.05, 0.1) is 6.54 Å². The van der Waals surface area contributed by atoms with Crippen molar-refractivity contribution in [2.45, 2.75) is 31.0 Å². The Balaban J connectivity index is 1.94. The zero-order valence-corrected chi connectivity index (χ0v) is 12.7. The third-order valence-corrected chi connectivity index (χ3v) is 4.20. The molecule has 1 fully saturated rings. The average molecular weight is 330 g/mol. The SMILES string of the molecule is O=C(CCC1CCNC1)NCC(O)(c1ccccc1)C(F)(F)F. The predicted octanol–water partition coefficient (Wildman–Crippen LogP) is 1.94. The van der Waals surface area contributed by atoms with Crippen LogP contribution in [-0.4, -0.2) is 36.8 Å². The van der Waals surface area contributed by atoms with E-state index in [1.165, 1.54) is 24.3 Å². The van der Waals surface area contributed by atoms with E-state index < -0.39 is 24.2 Å². The van der Waals surface area contributed by atoms with Gasteiger partial charge in [-0.15, -0.1) is 0 Å². The van der Waals surface area contributed by atoms with Crippen LogP contribution >= 0.6 is 0 Å². The maximum atomic E-state index is 13.3. The lowest BCUT2D eigenvalue weighted by atomic mass is 9.93. The molecule has 4 nitrogen and oxygen atoms in total. The van der Waals surface area contributed by atoms with E-state index in [0.717, 1.165) is 19.5 Å². The number of rotatable bonds is 6. The third-order valence-electron chi connectivity index (χ3n) is 4.20. The summed E-state index contributed by atoms with van der Waals surface area (Å²) in [5, 5.41) is 15.5. The molecule has 128 valence electrons. The number of alkyl halides is 3. The summed E-state index contributed by atoms with van der Waals surface area (Å²) in [6.07, 6.45) is -3.11. The number of nitrogens with one attached hydrogen (secondary N) is 2. The monoisotopic (exact) mass is 330 g/mol. The molecule has 1 aliphatic heterocycles. The Kier molecular flexibility index (Phi) is 5.64. The minimum Gasteiger partial charge on any atom is -0.375 e. The fourth-order valence-corrected chi connectivity index (χ4v) is 2.69. The van der Waals surface area contributed by atoms with Crippen LogP contribution in [0.15, 0.2) is 30.3 Å². The van der Waals surface area contributed by atoms with Crippen molar-refractivity contribution in [2.75, 3.05) is 19.6 Å². The zero-order chi connectivity index (χ0) is 16.9. The molecule has 7 heteroatoms. The third kappa shape index (κ3) is 4.45. The van der Waals surface area contributed by atoms with Crippen LogP contribution in [0.25, 0.3) is 0 Å². The van der Waals surface area contributed by atoms with Crippen molar-refractivity contribution < 1.29 is 23.1 Å². The van der Waals surface area contributed by atoms with Crippen molar-refractivity contribution in [3.8, 4) is 0 Å². The van der Waals surface area contributed by atoms with Crippen LogP contribution in [0.5, 0.6) is 0 Å². The van der Waals surface area contributed by atoms with Crippen LogP contribution in [0, 0.1) is 5.92 Å². The molecule has 2 rings (SSSR count). The molecule has 0 spiro atoms. The molecule has 0 aliphatic carbocycles. The van der Waals surface area contributed by atoms with Crippen molar-refractivity contribution >= 4 is 5.91 Å². The summed E-state index contributed by atoms with van der Waals surface area (Å²) < 4.78 is 39.8. The maximum absolute atomic E-state index is 13.3. The zero-order valence-electron chi connectivity index (χ0n) is 12.7. The fraction of sp³-hybridized carbons (Fsp3) is 0.562. The van der Waals surface area contributed by atoms with E-state index in [0.29, 0.717) is 12.3 Å². The Hall–Kier alpha value is -1.60. The van der Waals surface area contributed by atoms with Gasteiger partial charge in [-0.3, -0.25) is 4.79 Å². The second kappa shape index (κ2) is 7.31. The molecule has 0 saturated carbocycles. The van der Waals surface area contributed by atoms with Gasteiger partial charge in [0.15, 0.2) is 0 Å². The standard InChI is InChI=1S/C16H21F3N2O2/c17-16(18,19)15(23,13-4-2-1-3-5-13)11-21-14(22)7-6-12-8-9-20-10-12/h1-5,12,20,23H,6-11H2,(H,21,22). The van der Waals surface area contributed by atoms with Crippen molar-refractivity contribution in [2.24, 2.45) is 5.92 Å². The highest BCUT2D eigenvalue weighted by molar-refractivity contribution is 5.76. The van der Waals surface area contributed by atoms with Gasteiger partial charge in [-0.25, -0.2) is 0 Å². The normalized spacial score (nSPS) is 21.0. The van der Waals surface area contributed by atoms with Gasteiger partial charge < -0.3 is 15.7 Å². The first-order valence-electron chi connectivity index (χ1n) is 7.65. The number of carbonyl (C=O) groups excluding carboxylic acids is 1. The Labute approximate surface area is 133 Å². The summed E-state index contributed by atoms with van der Waals surface area (Å²) in [6.45, 7) is 0.861. The molecular weight excluding hydrogens is 309 g/mol. The van der Waals surface area contributed by atoms with Crippen LogP contribution in [0.2, 0.25) is 0 Å². The maximum Gasteiger partial charge on any atom is 0.423 e. The number of amides is 1. The van der Waals surface area contributed by atoms with Gasteiger partial charge in [0.1, 0.15) is 0 Å². The molecule has 1 aromatic carbocycles. The van der Waals surface area contributed by atoms with E-state index in [1.54, 1.807) is 6.07 Å². The Morgan fingerprint density at radius 2 is 2.00 bits per heavy atom. The van der Waals surface area contributed by atoms with Crippen LogP contribution < -0.4 is 10.6 Å². The number of hydrogen-bond acceptors (Lipinski definition) is 3. The second-order valence-electron chi connectivity index (χ2n) is 5.90. The molecule has 2 atom stereocenters. The van der Waals surface area contributed by atoms with Crippen molar-refractivity contribution in [3.63, 3.8) is 0 Å². The molecule has 2 unspecified atom stereocenters. The highest BCUT2D eigenvalue weighted by Gasteiger charge is 2.55. The highest BCUT2D eigenvalue weighted by Crippen LogP contribution is 2.38. The van der Waals surface area contributed by atoms with Gasteiger partial charge in [-0.05, 0) is 37.4 Å². The first-order chi connectivity index (χ1) is 10.8. The molecular formula is C16H21F3N2O2. The van der Waals surface area contributed by atoms with E-state index in [1.807, 2.05) is 0 Å². The molecule has 23 heavy (non-hydrogen) atoms. The summed E-state index contributed by atoms with van der Waals surface area (Å²) >= 11 is 0. The number of carbonyl (C=O) groups is 1. The molecule has 1 aliphatic rings. The largest absolute Gasteiger partial charge is 0.423 e. The summed E-state index contributed by atoms with van der Waals surface area (Å²) in [5.74, 6) is -0.0909. The molecule has 3 N–H and O–H groups in total. The minimum atomic E-state index is -4.88. The Bertz CT molecular complexity index is 516. The van der Waals surface area contributed by atoms with E-state index in [2.05, 4.69) is 10.6 Å². The second-order valence-corrected chi connectivity index (χ2v) is 5.90. The molecule has 1 saturated heterocycles. The lowest BCUT2D eigenvalue weighted by Crippen LogP contribution is -2.51. The number of aliphatic hydroxyl groups is 1. The molecule has 1 amide bonds.